The molecule has 0 aliphatic carbocycles. The maximum Gasteiger partial charge on any atom is 0.397 e. The highest BCUT2D eigenvalue weighted by atomic mass is 32.3. The molecule has 6 aliphatic heterocycles. The van der Waals surface area contributed by atoms with E-state index in [1.54, 1.807) is 24.3 Å². The van der Waals surface area contributed by atoms with Gasteiger partial charge in [0.2, 0.25) is 10.0 Å². The van der Waals surface area contributed by atoms with Crippen LogP contribution in [0.5, 0.6) is 5.75 Å². The summed E-state index contributed by atoms with van der Waals surface area (Å²) in [7, 11) is -31.5. The van der Waals surface area contributed by atoms with Crippen molar-refractivity contribution in [3.05, 3.63) is 59.7 Å². The molecule has 6 aliphatic rings. The zero-order valence-corrected chi connectivity index (χ0v) is 79.2. The molecule has 0 radical (unpaired) electrons. The lowest BCUT2D eigenvalue weighted by Crippen LogP contribution is -2.70. The highest BCUT2D eigenvalue weighted by Gasteiger charge is 2.63. The van der Waals surface area contributed by atoms with Crippen LogP contribution in [0.3, 0.4) is 0 Å². The van der Waals surface area contributed by atoms with E-state index in [9.17, 15) is 121 Å². The summed E-state index contributed by atoms with van der Waals surface area (Å²) in [6.07, 6.45) is -51.0. The maximum atomic E-state index is 13.6. The summed E-state index contributed by atoms with van der Waals surface area (Å²) >= 11 is 0. The highest BCUT2D eigenvalue weighted by Crippen LogP contribution is 2.42. The van der Waals surface area contributed by atoms with Crippen molar-refractivity contribution in [1.29, 1.82) is 0 Å². The largest absolute Gasteiger partial charge is 0.494 e. The van der Waals surface area contributed by atoms with E-state index in [0.29, 0.717) is 23.8 Å². The van der Waals surface area contributed by atoms with Gasteiger partial charge in [0.25, 0.3) is 5.91 Å². The molecule has 26 atom stereocenters. The van der Waals surface area contributed by atoms with E-state index >= 15 is 0 Å². The van der Waals surface area contributed by atoms with Crippen LogP contribution < -0.4 is 20.1 Å². The zero-order valence-electron chi connectivity index (χ0n) is 73.5. The molecule has 0 spiro atoms. The average molecular weight is 2110 g/mol. The van der Waals surface area contributed by atoms with Crippen molar-refractivity contribution < 1.29 is 250 Å². The lowest BCUT2D eigenvalue weighted by Gasteiger charge is -2.51. The monoisotopic (exact) mass is 2110 g/mol. The number of methoxy groups -OCH3 is 8. The SMILES string of the molecule is CO[C@H]1O[C@H](COS(=O)(=O)O)[C@@H](O[C@@H]2O[C@H](C(=O)O)[C@@H](O[C@H]3O[C@H](COS(=O)(=O)O)[C@@H](O[C@@H]4O[C@H](C(=O)O)[C@@H](O[C@H]5O[C@H](COS(=O)(=O)O)[C@@H](OCCOCCOCCOCCNC(=O)c6cccc(S(=O)(=O)N[C@H](Cc7ccc(OCCCCC8CCNCC8)cc7)C(=O)O)c6)[C@H](OC)[C@H]5OC)[C@H](OC)[C@H]4OC)[C@H](OS(=O)(=O)O)[C@H]3OS(=O)(=O)O)[C@H](OC)[C@H]2OC)[C@H](OC)[C@H]1OS(=O)(=O)O. The Morgan fingerprint density at radius 1 is 0.419 bits per heavy atom. The summed E-state index contributed by atoms with van der Waals surface area (Å²) in [4.78, 5) is 52.1. The summed E-state index contributed by atoms with van der Waals surface area (Å²) in [6, 6.07) is 10.1. The zero-order chi connectivity index (χ0) is 100. The second-order valence-electron chi connectivity index (χ2n) is 30.2. The van der Waals surface area contributed by atoms with Gasteiger partial charge in [-0.25, -0.2) is 43.1 Å². The Morgan fingerprint density at radius 3 is 1.26 bits per heavy atom. The third-order valence-electron chi connectivity index (χ3n) is 21.3. The first-order valence-corrected chi connectivity index (χ1v) is 50.5. The fraction of sp³-hybridized carbons (Fsp3) is 0.775. The van der Waals surface area contributed by atoms with Gasteiger partial charge in [-0.05, 0) is 87.0 Å². The summed E-state index contributed by atoms with van der Waals surface area (Å²) in [5.41, 5.74) is 0.474. The van der Waals surface area contributed by atoms with Crippen LogP contribution in [0, 0.1) is 5.92 Å². The van der Waals surface area contributed by atoms with Crippen LogP contribution >= 0.6 is 0 Å². The first-order chi connectivity index (χ1) is 64.0. The first kappa shape index (κ1) is 116. The molecule has 0 unspecified atom stereocenters. The van der Waals surface area contributed by atoms with E-state index in [0.717, 1.165) is 95.3 Å². The number of piperidine rings is 1. The van der Waals surface area contributed by atoms with E-state index in [1.807, 2.05) is 0 Å². The van der Waals surface area contributed by atoms with Crippen LogP contribution in [-0.4, -0.2) is 434 Å². The Hall–Kier alpha value is -5.63. The Kier molecular flexibility index (Phi) is 45.1. The molecule has 6 heterocycles. The fourth-order valence-electron chi connectivity index (χ4n) is 15.4. The maximum absolute atomic E-state index is 13.6. The van der Waals surface area contributed by atoms with Crippen LogP contribution in [0.15, 0.2) is 53.4 Å². The van der Waals surface area contributed by atoms with Crippen LogP contribution in [0.25, 0.3) is 0 Å². The van der Waals surface area contributed by atoms with Crippen molar-refractivity contribution in [2.45, 2.75) is 203 Å². The van der Waals surface area contributed by atoms with E-state index in [1.165, 1.54) is 31.0 Å². The van der Waals surface area contributed by atoms with Crippen LogP contribution in [-0.2, 0) is 218 Å². The lowest BCUT2D eigenvalue weighted by atomic mass is 9.93. The van der Waals surface area contributed by atoms with Crippen LogP contribution in [0.2, 0.25) is 0 Å². The number of carboxylic acids is 3. The number of hydrogen-bond donors (Lipinski definition) is 12. The van der Waals surface area contributed by atoms with Gasteiger partial charge in [-0.1, -0.05) is 24.6 Å². The standard InChI is InChI=1S/C71H111N3O55S7/c1-102-49-46(114-31-30-112-29-28-111-27-26-110-25-23-73-63(75)39-13-11-14-41(33-39)130(82,83)74-42(64(76)77)32-38-15-17-40(18-16-38)113-24-10-9-12-37-19-21-72-22-20-37)43(34-115-131(84,85)86)119-68(58(49)106-5)123-53-51(104-3)60(108-7)70(126-56(53)65(78)79)122-48-45(36-117-133(90,91)92)120-71(62(129-136(99,100)101)55(48)127-134(93,94)95)124-54-52(105-4)59(107-6)69(125-57(54)66(80)81)121-47-44(35-116-132(87,88)89)118-67(109-8)61(50(47)103-2)128-135(96,97)98/h11,13-18,33,37,42-62,67-72,74H,9-10,12,19-32,34-36H2,1-8H3,(H,73,75)(H,76,77)(H,78,79)(H,80,81)(H,84,85,86)(H,87,88,89)(H,90,91,92)(H,93,94,95)(H,96,97,98)(H,99,100,101)/t42-,43-,44-,45-,46-,47-,48-,49+,50+,51+,52+,53+,54+,55+,56+,57+,58-,59-,60-,61-,62-,67+,68-,69-,70-,71-/m1/s1. The quantitative estimate of drug-likeness (QED) is 0.0219. The molecular formula is C71H111N3O55S7. The van der Waals surface area contributed by atoms with Gasteiger partial charge in [0, 0.05) is 69.0 Å². The van der Waals surface area contributed by atoms with Gasteiger partial charge in [-0.2, -0.15) is 55.2 Å². The van der Waals surface area contributed by atoms with E-state index in [2.05, 4.69) is 27.9 Å². The molecule has 12 N–H and O–H groups in total. The Balaban J connectivity index is 0.894. The van der Waals surface area contributed by atoms with Crippen molar-refractivity contribution in [1.82, 2.24) is 15.4 Å². The van der Waals surface area contributed by atoms with E-state index < -0.39 is 276 Å². The van der Waals surface area contributed by atoms with E-state index in [-0.39, 0.29) is 69.7 Å². The van der Waals surface area contributed by atoms with Crippen molar-refractivity contribution in [3.8, 4) is 5.75 Å². The number of aliphatic carboxylic acids is 3. The van der Waals surface area contributed by atoms with E-state index in [4.69, 9.17) is 117 Å². The number of rotatable bonds is 59. The topological polar surface area (TPSA) is 784 Å². The molecule has 136 heavy (non-hydrogen) atoms. The highest BCUT2D eigenvalue weighted by molar-refractivity contribution is 7.89. The van der Waals surface area contributed by atoms with Crippen molar-refractivity contribution in [2.24, 2.45) is 5.92 Å². The van der Waals surface area contributed by atoms with Crippen molar-refractivity contribution in [2.75, 3.05) is 149 Å². The number of unbranched alkanes of at least 4 members (excludes halogenated alkanes) is 1. The second-order valence-corrected chi connectivity index (χ2v) is 38.3. The molecule has 2 aromatic carbocycles. The summed E-state index contributed by atoms with van der Waals surface area (Å²) in [5, 5.41) is 37.8. The third kappa shape index (κ3) is 35.5. The molecule has 65 heteroatoms. The number of sulfonamides is 1. The van der Waals surface area contributed by atoms with Gasteiger partial charge in [0.1, 0.15) is 109 Å². The molecule has 6 saturated heterocycles. The number of ether oxygens (including phenoxy) is 22. The summed E-state index contributed by atoms with van der Waals surface area (Å²) in [5.74, 6) is -4.99. The Morgan fingerprint density at radius 2 is 0.816 bits per heavy atom. The molecule has 0 bridgehead atoms. The van der Waals surface area contributed by atoms with Gasteiger partial charge in [0.05, 0.1) is 77.6 Å². The molecule has 2 aromatic rings. The number of carbonyl (C=O) groups is 4. The van der Waals surface area contributed by atoms with Gasteiger partial charge in [0.15, 0.2) is 55.9 Å². The minimum atomic E-state index is -6.21. The second kappa shape index (κ2) is 53.1. The smallest absolute Gasteiger partial charge is 0.397 e. The van der Waals surface area contributed by atoms with Gasteiger partial charge < -0.3 is 130 Å². The molecule has 1 amide bonds. The number of amides is 1. The van der Waals surface area contributed by atoms with Crippen LogP contribution in [0.4, 0.5) is 0 Å². The summed E-state index contributed by atoms with van der Waals surface area (Å²) < 4.78 is 393. The average Bonchev–Trinajstić information content (AvgIpc) is 0.744. The van der Waals surface area contributed by atoms with Gasteiger partial charge >= 0.3 is 80.3 Å². The van der Waals surface area contributed by atoms with Gasteiger partial charge in [-0.3, -0.25) is 36.9 Å². The first-order valence-electron chi connectivity index (χ1n) is 40.8. The predicted molar refractivity (Wildman–Crippen MR) is 440 cm³/mol. The Labute approximate surface area is 781 Å². The lowest BCUT2D eigenvalue weighted by molar-refractivity contribution is -0.389. The molecular weight excluding hydrogens is 2000 g/mol. The normalized spacial score (nSPS) is 30.6. The predicted octanol–water partition coefficient (Wildman–Crippen LogP) is -4.52. The fourth-order valence-corrected chi connectivity index (χ4v) is 19.0. The van der Waals surface area contributed by atoms with Crippen LogP contribution in [0.1, 0.15) is 48.0 Å². The summed E-state index contributed by atoms with van der Waals surface area (Å²) in [6.45, 7) is -2.29. The number of carboxylic acid groups (broad SMARTS) is 3. The minimum absolute atomic E-state index is 0.0154. The Bertz CT molecular complexity index is 4960. The van der Waals surface area contributed by atoms with Crippen molar-refractivity contribution >= 4 is 96.2 Å². The molecule has 8 rings (SSSR count). The third-order valence-corrected chi connectivity index (χ3v) is 25.5. The molecule has 782 valence electrons. The van der Waals surface area contributed by atoms with Crippen molar-refractivity contribution in [3.63, 3.8) is 0 Å². The number of hydrogen-bond acceptors (Lipinski definition) is 47. The molecule has 0 saturated carbocycles. The molecule has 0 aromatic heterocycles. The van der Waals surface area contributed by atoms with Gasteiger partial charge in [-0.15, -0.1) is 0 Å². The number of nitrogens with one attached hydrogen (secondary N) is 3. The minimum Gasteiger partial charge on any atom is -0.494 e. The molecule has 58 nitrogen and oxygen atoms in total. The molecule has 6 fully saturated rings. The number of carbonyl (C=O) groups excluding carboxylic acids is 1. The number of benzene rings is 2.